The summed E-state index contributed by atoms with van der Waals surface area (Å²) in [4.78, 5) is 8.15. The molecule has 1 heterocycles. The lowest BCUT2D eigenvalue weighted by molar-refractivity contribution is 0.195. The summed E-state index contributed by atoms with van der Waals surface area (Å²) < 4.78 is 5.08. The molecule has 0 aromatic heterocycles. The topological polar surface area (TPSA) is 36.9 Å². The maximum atomic E-state index is 5.08. The maximum Gasteiger partial charge on any atom is 0.193 e. The molecule has 0 bridgehead atoms. The minimum atomic E-state index is 0. The lowest BCUT2D eigenvalue weighted by atomic mass is 10.2. The number of rotatable bonds is 7. The first-order valence-electron chi connectivity index (χ1n) is 7.96. The molecule has 130 valence electrons. The van der Waals surface area contributed by atoms with Gasteiger partial charge in [0.05, 0.1) is 0 Å². The smallest absolute Gasteiger partial charge is 0.193 e. The van der Waals surface area contributed by atoms with E-state index in [2.05, 4.69) is 45.5 Å². The Labute approximate surface area is 161 Å². The molecule has 1 aromatic carbocycles. The Morgan fingerprint density at radius 1 is 1.39 bits per heavy atom. The van der Waals surface area contributed by atoms with E-state index in [1.54, 1.807) is 7.11 Å². The number of aliphatic imine (C=N–C) groups is 1. The van der Waals surface area contributed by atoms with Gasteiger partial charge < -0.3 is 15.0 Å². The second kappa shape index (κ2) is 12.0. The van der Waals surface area contributed by atoms with Crippen LogP contribution >= 0.6 is 35.7 Å². The summed E-state index contributed by atoms with van der Waals surface area (Å²) in [5.74, 6) is 2.95. The van der Waals surface area contributed by atoms with E-state index in [-0.39, 0.29) is 24.0 Å². The fourth-order valence-electron chi connectivity index (χ4n) is 2.64. The van der Waals surface area contributed by atoms with Crippen molar-refractivity contribution in [1.82, 2.24) is 10.2 Å². The molecule has 1 aromatic rings. The lowest BCUT2D eigenvalue weighted by Crippen LogP contribution is -2.40. The van der Waals surface area contributed by atoms with Gasteiger partial charge in [0.1, 0.15) is 0 Å². The Hall–Kier alpha value is -0.470. The first-order valence-corrected chi connectivity index (χ1v) is 8.94. The Kier molecular flexibility index (Phi) is 10.7. The van der Waals surface area contributed by atoms with Crippen LogP contribution in [0.25, 0.3) is 0 Å². The molecular formula is C17H28IN3OS. The van der Waals surface area contributed by atoms with Gasteiger partial charge in [-0.3, -0.25) is 4.99 Å². The Morgan fingerprint density at radius 2 is 2.17 bits per heavy atom. The molecule has 1 aliphatic rings. The number of methoxy groups -OCH3 is 1. The zero-order chi connectivity index (χ0) is 15.6. The first-order chi connectivity index (χ1) is 10.8. The predicted octanol–water partition coefficient (Wildman–Crippen LogP) is 3.33. The summed E-state index contributed by atoms with van der Waals surface area (Å²) in [6.07, 6.45) is 2.26. The van der Waals surface area contributed by atoms with Crippen molar-refractivity contribution in [2.75, 3.05) is 46.2 Å². The molecule has 0 spiro atoms. The van der Waals surface area contributed by atoms with E-state index in [0.29, 0.717) is 0 Å². The van der Waals surface area contributed by atoms with E-state index in [1.807, 2.05) is 18.8 Å². The molecule has 0 aliphatic carbocycles. The first kappa shape index (κ1) is 20.6. The highest BCUT2D eigenvalue weighted by atomic mass is 127. The molecule has 1 N–H and O–H groups in total. The van der Waals surface area contributed by atoms with E-state index in [9.17, 15) is 0 Å². The average molecular weight is 449 g/mol. The maximum absolute atomic E-state index is 5.08. The second-order valence-electron chi connectivity index (χ2n) is 5.55. The zero-order valence-corrected chi connectivity index (χ0v) is 17.2. The Balaban J connectivity index is 0.00000264. The van der Waals surface area contributed by atoms with Gasteiger partial charge in [0.15, 0.2) is 5.96 Å². The van der Waals surface area contributed by atoms with E-state index in [1.165, 1.54) is 17.1 Å². The van der Waals surface area contributed by atoms with E-state index in [4.69, 9.17) is 4.74 Å². The Bertz CT molecular complexity index is 458. The van der Waals surface area contributed by atoms with Crippen LogP contribution in [0.4, 0.5) is 0 Å². The number of likely N-dealkylation sites (tertiary alicyclic amines) is 1. The van der Waals surface area contributed by atoms with Gasteiger partial charge in [-0.15, -0.1) is 35.7 Å². The number of nitrogens with one attached hydrogen (secondary N) is 1. The Morgan fingerprint density at radius 3 is 2.87 bits per heavy atom. The summed E-state index contributed by atoms with van der Waals surface area (Å²) in [7, 11) is 3.61. The fourth-order valence-corrected chi connectivity index (χ4v) is 3.69. The number of benzene rings is 1. The molecule has 1 saturated heterocycles. The van der Waals surface area contributed by atoms with Gasteiger partial charge in [0.2, 0.25) is 0 Å². The molecule has 1 aliphatic heterocycles. The van der Waals surface area contributed by atoms with Gasteiger partial charge in [0.25, 0.3) is 0 Å². The molecule has 1 atom stereocenters. The van der Waals surface area contributed by atoms with Gasteiger partial charge in [-0.2, -0.15) is 0 Å². The largest absolute Gasteiger partial charge is 0.385 e. The number of ether oxygens (including phenoxy) is 1. The molecule has 1 fully saturated rings. The highest BCUT2D eigenvalue weighted by Crippen LogP contribution is 2.25. The van der Waals surface area contributed by atoms with Crippen molar-refractivity contribution in [2.24, 2.45) is 10.9 Å². The van der Waals surface area contributed by atoms with E-state index >= 15 is 0 Å². The third kappa shape index (κ3) is 7.30. The van der Waals surface area contributed by atoms with Crippen LogP contribution in [0.5, 0.6) is 0 Å². The molecule has 23 heavy (non-hydrogen) atoms. The van der Waals surface area contributed by atoms with Gasteiger partial charge in [-0.05, 0) is 30.9 Å². The van der Waals surface area contributed by atoms with Crippen molar-refractivity contribution in [3.8, 4) is 0 Å². The van der Waals surface area contributed by atoms with Crippen molar-refractivity contribution in [1.29, 1.82) is 0 Å². The average Bonchev–Trinajstić information content (AvgIpc) is 3.03. The van der Waals surface area contributed by atoms with Crippen LogP contribution < -0.4 is 5.32 Å². The predicted molar refractivity (Wildman–Crippen MR) is 110 cm³/mol. The summed E-state index contributed by atoms with van der Waals surface area (Å²) >= 11 is 1.96. The normalized spacial score (nSPS) is 17.9. The van der Waals surface area contributed by atoms with Crippen LogP contribution in [-0.2, 0) is 4.74 Å². The molecule has 0 radical (unpaired) electrons. The van der Waals surface area contributed by atoms with E-state index < -0.39 is 0 Å². The van der Waals surface area contributed by atoms with Gasteiger partial charge in [-0.1, -0.05) is 18.2 Å². The van der Waals surface area contributed by atoms with Crippen molar-refractivity contribution in [3.05, 3.63) is 30.3 Å². The zero-order valence-electron chi connectivity index (χ0n) is 14.0. The molecule has 2 rings (SSSR count). The molecule has 1 unspecified atom stereocenters. The van der Waals surface area contributed by atoms with Crippen LogP contribution in [0, 0.1) is 5.92 Å². The fraction of sp³-hybridized carbons (Fsp3) is 0.588. The standard InChI is InChI=1S/C17H27N3OS.HI/c1-18-17(19-10-6-12-21-2)20-11-9-15(13-20)14-22-16-7-4-3-5-8-16;/h3-5,7-8,15H,6,9-14H2,1-2H3,(H,18,19);1H. The lowest BCUT2D eigenvalue weighted by Gasteiger charge is -2.21. The number of hydrogen-bond donors (Lipinski definition) is 1. The van der Waals surface area contributed by atoms with Crippen molar-refractivity contribution < 1.29 is 4.74 Å². The monoisotopic (exact) mass is 449 g/mol. The number of guanidine groups is 1. The van der Waals surface area contributed by atoms with Crippen LogP contribution in [-0.4, -0.2) is 57.0 Å². The van der Waals surface area contributed by atoms with Crippen LogP contribution in [0.3, 0.4) is 0 Å². The highest BCUT2D eigenvalue weighted by Gasteiger charge is 2.24. The highest BCUT2D eigenvalue weighted by molar-refractivity contribution is 14.0. The van der Waals surface area contributed by atoms with Crippen LogP contribution in [0.2, 0.25) is 0 Å². The molecule has 0 amide bonds. The molecular weight excluding hydrogens is 421 g/mol. The number of nitrogens with zero attached hydrogens (tertiary/aromatic N) is 2. The minimum absolute atomic E-state index is 0. The molecule has 4 nitrogen and oxygen atoms in total. The van der Waals surface area contributed by atoms with Gasteiger partial charge in [-0.25, -0.2) is 0 Å². The number of thioether (sulfide) groups is 1. The number of halogens is 1. The summed E-state index contributed by atoms with van der Waals surface area (Å²) in [5, 5.41) is 3.43. The van der Waals surface area contributed by atoms with Gasteiger partial charge >= 0.3 is 0 Å². The summed E-state index contributed by atoms with van der Waals surface area (Å²) in [6.45, 7) is 3.91. The van der Waals surface area contributed by atoms with Gasteiger partial charge in [0, 0.05) is 51.0 Å². The summed E-state index contributed by atoms with van der Waals surface area (Å²) in [5.41, 5.74) is 0. The van der Waals surface area contributed by atoms with Crippen LogP contribution in [0.15, 0.2) is 40.2 Å². The van der Waals surface area contributed by atoms with Crippen molar-refractivity contribution in [2.45, 2.75) is 17.7 Å². The summed E-state index contributed by atoms with van der Waals surface area (Å²) in [6, 6.07) is 10.7. The van der Waals surface area contributed by atoms with Crippen molar-refractivity contribution >= 4 is 41.7 Å². The minimum Gasteiger partial charge on any atom is -0.385 e. The SMILES string of the molecule is CN=C(NCCCOC)N1CCC(CSc2ccccc2)C1.I. The second-order valence-corrected chi connectivity index (χ2v) is 6.64. The third-order valence-electron chi connectivity index (χ3n) is 3.83. The quantitative estimate of drug-likeness (QED) is 0.228. The van der Waals surface area contributed by atoms with Crippen molar-refractivity contribution in [3.63, 3.8) is 0 Å². The number of hydrogen-bond acceptors (Lipinski definition) is 3. The molecule has 0 saturated carbocycles. The van der Waals surface area contributed by atoms with E-state index in [0.717, 1.165) is 44.5 Å². The third-order valence-corrected chi connectivity index (χ3v) is 5.08. The molecule has 6 heteroatoms. The van der Waals surface area contributed by atoms with Crippen LogP contribution in [0.1, 0.15) is 12.8 Å².